The van der Waals surface area contributed by atoms with E-state index < -0.39 is 23.5 Å². The summed E-state index contributed by atoms with van der Waals surface area (Å²) in [7, 11) is 0. The minimum atomic E-state index is -0.687. The number of nitrogens with two attached hydrogens (primary N) is 1. The Bertz CT molecular complexity index is 665. The van der Waals surface area contributed by atoms with E-state index in [1.807, 2.05) is 0 Å². The molecular formula is C14H11Br2F3N2. The SMILES string of the molecule is NNC(Cc1c(F)ccc(Br)c1F)c1ccc(Br)c(F)c1. The number of benzene rings is 2. The lowest BCUT2D eigenvalue weighted by atomic mass is 9.98. The van der Waals surface area contributed by atoms with Crippen molar-refractivity contribution in [2.24, 2.45) is 5.84 Å². The first-order valence-corrected chi connectivity index (χ1v) is 7.56. The predicted molar refractivity (Wildman–Crippen MR) is 81.9 cm³/mol. The first-order valence-electron chi connectivity index (χ1n) is 5.97. The summed E-state index contributed by atoms with van der Waals surface area (Å²) < 4.78 is 41.8. The van der Waals surface area contributed by atoms with E-state index in [1.165, 1.54) is 18.2 Å². The molecule has 0 bridgehead atoms. The highest BCUT2D eigenvalue weighted by Gasteiger charge is 2.19. The summed E-state index contributed by atoms with van der Waals surface area (Å²) in [5.74, 6) is 3.61. The van der Waals surface area contributed by atoms with Gasteiger partial charge in [-0.15, -0.1) is 0 Å². The lowest BCUT2D eigenvalue weighted by Crippen LogP contribution is -2.30. The van der Waals surface area contributed by atoms with E-state index in [0.717, 1.165) is 6.07 Å². The number of halogens is 5. The van der Waals surface area contributed by atoms with E-state index >= 15 is 0 Å². The third kappa shape index (κ3) is 3.66. The second-order valence-electron chi connectivity index (χ2n) is 4.42. The van der Waals surface area contributed by atoms with Gasteiger partial charge in [0.2, 0.25) is 0 Å². The fraction of sp³-hybridized carbons (Fsp3) is 0.143. The summed E-state index contributed by atoms with van der Waals surface area (Å²) in [4.78, 5) is 0. The van der Waals surface area contributed by atoms with Crippen LogP contribution in [0.15, 0.2) is 39.3 Å². The maximum Gasteiger partial charge on any atom is 0.143 e. The van der Waals surface area contributed by atoms with Crippen molar-refractivity contribution in [3.05, 3.63) is 67.9 Å². The maximum atomic E-state index is 14.0. The molecule has 2 aromatic carbocycles. The molecule has 0 fully saturated rings. The number of rotatable bonds is 4. The number of nitrogens with one attached hydrogen (secondary N) is 1. The monoisotopic (exact) mass is 422 g/mol. The van der Waals surface area contributed by atoms with Crippen LogP contribution in [0, 0.1) is 17.5 Å². The van der Waals surface area contributed by atoms with Gasteiger partial charge in [0.15, 0.2) is 0 Å². The van der Waals surface area contributed by atoms with Gasteiger partial charge in [-0.05, 0) is 68.1 Å². The van der Waals surface area contributed by atoms with Crippen molar-refractivity contribution >= 4 is 31.9 Å². The van der Waals surface area contributed by atoms with Crippen molar-refractivity contribution in [1.82, 2.24) is 5.43 Å². The van der Waals surface area contributed by atoms with Crippen LogP contribution < -0.4 is 11.3 Å². The maximum absolute atomic E-state index is 14.0. The van der Waals surface area contributed by atoms with Crippen LogP contribution in [0.4, 0.5) is 13.2 Å². The molecule has 1 unspecified atom stereocenters. The second-order valence-corrected chi connectivity index (χ2v) is 6.13. The molecule has 0 aliphatic carbocycles. The minimum Gasteiger partial charge on any atom is -0.271 e. The van der Waals surface area contributed by atoms with E-state index in [0.29, 0.717) is 10.0 Å². The molecule has 21 heavy (non-hydrogen) atoms. The van der Waals surface area contributed by atoms with E-state index in [2.05, 4.69) is 37.3 Å². The smallest absolute Gasteiger partial charge is 0.143 e. The Morgan fingerprint density at radius 3 is 2.29 bits per heavy atom. The summed E-state index contributed by atoms with van der Waals surface area (Å²) >= 11 is 6.06. The Hall–Kier alpha value is -0.890. The normalized spacial score (nSPS) is 12.5. The molecular weight excluding hydrogens is 413 g/mol. The zero-order valence-corrected chi connectivity index (χ0v) is 13.8. The molecule has 7 heteroatoms. The molecule has 2 nitrogen and oxygen atoms in total. The van der Waals surface area contributed by atoms with Crippen LogP contribution in [0.2, 0.25) is 0 Å². The average Bonchev–Trinajstić information content (AvgIpc) is 2.47. The van der Waals surface area contributed by atoms with Gasteiger partial charge < -0.3 is 0 Å². The largest absolute Gasteiger partial charge is 0.271 e. The Labute approximate surface area is 136 Å². The summed E-state index contributed by atoms with van der Waals surface area (Å²) in [5.41, 5.74) is 2.84. The summed E-state index contributed by atoms with van der Waals surface area (Å²) in [6.07, 6.45) is -0.0469. The van der Waals surface area contributed by atoms with E-state index in [9.17, 15) is 13.2 Å². The molecule has 0 aliphatic heterocycles. The second kappa shape index (κ2) is 6.91. The standard InChI is InChI=1S/C14H11Br2F3N2/c15-9-2-1-7(5-12(9)18)13(21-20)6-8-11(17)4-3-10(16)14(8)19/h1-5,13,21H,6,20H2. The Balaban J connectivity index is 2.35. The molecule has 0 amide bonds. The molecule has 2 aromatic rings. The Morgan fingerprint density at radius 1 is 1.00 bits per heavy atom. The minimum absolute atomic E-state index is 0.0469. The van der Waals surface area contributed by atoms with Crippen LogP contribution in [0.1, 0.15) is 17.2 Å². The zero-order chi connectivity index (χ0) is 15.6. The van der Waals surface area contributed by atoms with Gasteiger partial charge in [0.25, 0.3) is 0 Å². The van der Waals surface area contributed by atoms with E-state index in [4.69, 9.17) is 5.84 Å². The van der Waals surface area contributed by atoms with Crippen LogP contribution in [0.25, 0.3) is 0 Å². The van der Waals surface area contributed by atoms with Gasteiger partial charge in [-0.3, -0.25) is 11.3 Å². The predicted octanol–water partition coefficient (Wildman–Crippen LogP) is 4.38. The fourth-order valence-electron chi connectivity index (χ4n) is 1.96. The van der Waals surface area contributed by atoms with Crippen LogP contribution in [-0.2, 0) is 6.42 Å². The number of hydrogen-bond acceptors (Lipinski definition) is 2. The molecule has 0 radical (unpaired) electrons. The lowest BCUT2D eigenvalue weighted by Gasteiger charge is -2.18. The first kappa shape index (κ1) is 16.5. The van der Waals surface area contributed by atoms with Gasteiger partial charge in [-0.25, -0.2) is 13.2 Å². The molecule has 0 aromatic heterocycles. The van der Waals surface area contributed by atoms with E-state index in [-0.39, 0.29) is 16.5 Å². The molecule has 0 saturated carbocycles. The highest BCUT2D eigenvalue weighted by Crippen LogP contribution is 2.27. The first-order chi connectivity index (χ1) is 9.93. The van der Waals surface area contributed by atoms with Gasteiger partial charge in [-0.1, -0.05) is 6.07 Å². The van der Waals surface area contributed by atoms with Crippen molar-refractivity contribution in [3.8, 4) is 0 Å². The molecule has 1 atom stereocenters. The van der Waals surface area contributed by atoms with Crippen molar-refractivity contribution in [2.45, 2.75) is 12.5 Å². The third-order valence-electron chi connectivity index (χ3n) is 3.09. The van der Waals surface area contributed by atoms with Crippen LogP contribution >= 0.6 is 31.9 Å². The van der Waals surface area contributed by atoms with Gasteiger partial charge in [0.1, 0.15) is 17.5 Å². The Kier molecular flexibility index (Phi) is 5.43. The van der Waals surface area contributed by atoms with E-state index in [1.54, 1.807) is 6.07 Å². The van der Waals surface area contributed by atoms with Gasteiger partial charge in [0.05, 0.1) is 15.0 Å². The summed E-state index contributed by atoms with van der Waals surface area (Å²) in [5, 5.41) is 0. The van der Waals surface area contributed by atoms with Gasteiger partial charge in [-0.2, -0.15) is 0 Å². The lowest BCUT2D eigenvalue weighted by molar-refractivity contribution is 0.495. The zero-order valence-electron chi connectivity index (χ0n) is 10.6. The molecule has 2 rings (SSSR count). The molecule has 112 valence electrons. The molecule has 0 aliphatic rings. The summed E-state index contributed by atoms with van der Waals surface area (Å²) in [6.45, 7) is 0. The van der Waals surface area contributed by atoms with Crippen LogP contribution in [-0.4, -0.2) is 0 Å². The fourth-order valence-corrected chi connectivity index (χ4v) is 2.58. The van der Waals surface area contributed by atoms with Crippen molar-refractivity contribution in [1.29, 1.82) is 0 Å². The topological polar surface area (TPSA) is 38.0 Å². The molecule has 0 heterocycles. The molecule has 0 spiro atoms. The molecule has 3 N–H and O–H groups in total. The third-order valence-corrected chi connectivity index (χ3v) is 4.35. The summed E-state index contributed by atoms with van der Waals surface area (Å²) in [6, 6.07) is 6.25. The highest BCUT2D eigenvalue weighted by atomic mass is 79.9. The van der Waals surface area contributed by atoms with Crippen molar-refractivity contribution in [3.63, 3.8) is 0 Å². The van der Waals surface area contributed by atoms with Gasteiger partial charge >= 0.3 is 0 Å². The number of hydrogen-bond donors (Lipinski definition) is 2. The quantitative estimate of drug-likeness (QED) is 0.435. The molecule has 0 saturated heterocycles. The Morgan fingerprint density at radius 2 is 1.67 bits per heavy atom. The number of hydrazine groups is 1. The average molecular weight is 424 g/mol. The van der Waals surface area contributed by atoms with Crippen molar-refractivity contribution in [2.75, 3.05) is 0 Å². The van der Waals surface area contributed by atoms with Crippen LogP contribution in [0.5, 0.6) is 0 Å². The van der Waals surface area contributed by atoms with Crippen molar-refractivity contribution < 1.29 is 13.2 Å². The highest BCUT2D eigenvalue weighted by molar-refractivity contribution is 9.10. The van der Waals surface area contributed by atoms with Gasteiger partial charge in [0, 0.05) is 5.56 Å². The van der Waals surface area contributed by atoms with Crippen LogP contribution in [0.3, 0.4) is 0 Å².